The van der Waals surface area contributed by atoms with Gasteiger partial charge in [0.15, 0.2) is 0 Å². The molecule has 0 aliphatic heterocycles. The van der Waals surface area contributed by atoms with Crippen molar-refractivity contribution in [2.75, 3.05) is 6.61 Å². The first-order valence-corrected chi connectivity index (χ1v) is 7.01. The molecule has 0 bridgehead atoms. The van der Waals surface area contributed by atoms with Gasteiger partial charge >= 0.3 is 0 Å². The summed E-state index contributed by atoms with van der Waals surface area (Å²) in [6.07, 6.45) is 0. The molecule has 2 nitrogen and oxygen atoms in total. The Kier molecular flexibility index (Phi) is 4.86. The Balaban J connectivity index is 2.00. The molecule has 0 atom stereocenters. The zero-order valence-electron chi connectivity index (χ0n) is 10.4. The van der Waals surface area contributed by atoms with Crippen LogP contribution in [-0.4, -0.2) is 11.7 Å². The van der Waals surface area contributed by atoms with E-state index < -0.39 is 0 Å². The molecule has 4 heteroatoms. The van der Waals surface area contributed by atoms with Gasteiger partial charge in [-0.25, -0.2) is 0 Å². The largest absolute Gasteiger partial charge is 0.488 e. The van der Waals surface area contributed by atoms with Crippen LogP contribution in [-0.2, 0) is 6.61 Å². The lowest BCUT2D eigenvalue weighted by atomic mass is 10.2. The Morgan fingerprint density at radius 1 is 1.37 bits per heavy atom. The van der Waals surface area contributed by atoms with Gasteiger partial charge in [-0.1, -0.05) is 23.4 Å². The SMILES string of the molecule is Cc1cc(Cl)ccc1OCc1cc(C#CCO)cs1. The Morgan fingerprint density at radius 2 is 2.21 bits per heavy atom. The summed E-state index contributed by atoms with van der Waals surface area (Å²) in [6, 6.07) is 7.54. The fourth-order valence-electron chi connectivity index (χ4n) is 1.59. The average Bonchev–Trinajstić information content (AvgIpc) is 2.83. The fraction of sp³-hybridized carbons (Fsp3) is 0.200. The van der Waals surface area contributed by atoms with Crippen molar-refractivity contribution in [1.82, 2.24) is 0 Å². The summed E-state index contributed by atoms with van der Waals surface area (Å²) >= 11 is 7.49. The minimum absolute atomic E-state index is 0.119. The second-order valence-corrected chi connectivity index (χ2v) is 5.39. The van der Waals surface area contributed by atoms with Gasteiger partial charge in [0.2, 0.25) is 0 Å². The van der Waals surface area contributed by atoms with Crippen LogP contribution >= 0.6 is 22.9 Å². The van der Waals surface area contributed by atoms with Crippen molar-refractivity contribution < 1.29 is 9.84 Å². The molecule has 0 fully saturated rings. The molecule has 0 aliphatic rings. The Hall–Kier alpha value is -1.47. The van der Waals surface area contributed by atoms with Gasteiger partial charge in [-0.05, 0) is 36.8 Å². The lowest BCUT2D eigenvalue weighted by Crippen LogP contribution is -1.94. The summed E-state index contributed by atoms with van der Waals surface area (Å²) < 4.78 is 5.75. The number of hydrogen-bond donors (Lipinski definition) is 1. The van der Waals surface area contributed by atoms with Gasteiger partial charge in [-0.2, -0.15) is 0 Å². The molecular formula is C15H13ClO2S. The van der Waals surface area contributed by atoms with Gasteiger partial charge in [0.1, 0.15) is 19.0 Å². The number of benzene rings is 1. The maximum absolute atomic E-state index is 8.63. The average molecular weight is 293 g/mol. The Morgan fingerprint density at radius 3 is 2.95 bits per heavy atom. The predicted molar refractivity (Wildman–Crippen MR) is 78.8 cm³/mol. The summed E-state index contributed by atoms with van der Waals surface area (Å²) in [4.78, 5) is 1.09. The minimum atomic E-state index is -0.119. The quantitative estimate of drug-likeness (QED) is 0.875. The molecule has 1 aromatic heterocycles. The molecule has 0 spiro atoms. The van der Waals surface area contributed by atoms with Gasteiger partial charge in [-0.15, -0.1) is 11.3 Å². The first-order chi connectivity index (χ1) is 9.19. The van der Waals surface area contributed by atoms with E-state index in [0.29, 0.717) is 11.6 Å². The number of thiophene rings is 1. The van der Waals surface area contributed by atoms with E-state index in [1.807, 2.05) is 36.6 Å². The molecule has 0 saturated heterocycles. The van der Waals surface area contributed by atoms with Crippen LogP contribution in [0.3, 0.4) is 0 Å². The highest BCUT2D eigenvalue weighted by Crippen LogP contribution is 2.24. The standard InChI is InChI=1S/C15H13ClO2S/c1-11-7-13(16)4-5-15(11)18-9-14-8-12(10-19-14)3-2-6-17/h4-5,7-8,10,17H,6,9H2,1H3. The molecule has 19 heavy (non-hydrogen) atoms. The van der Waals surface area contributed by atoms with Crippen molar-refractivity contribution in [3.05, 3.63) is 50.7 Å². The molecule has 0 amide bonds. The van der Waals surface area contributed by atoms with Crippen molar-refractivity contribution in [3.8, 4) is 17.6 Å². The molecule has 1 aromatic carbocycles. The molecule has 98 valence electrons. The maximum Gasteiger partial charge on any atom is 0.122 e. The third-order valence-electron chi connectivity index (χ3n) is 2.47. The van der Waals surface area contributed by atoms with Gasteiger partial charge in [0.05, 0.1) is 0 Å². The third-order valence-corrected chi connectivity index (χ3v) is 3.62. The summed E-state index contributed by atoms with van der Waals surface area (Å²) in [5.74, 6) is 6.33. The minimum Gasteiger partial charge on any atom is -0.488 e. The maximum atomic E-state index is 8.63. The highest BCUT2D eigenvalue weighted by Gasteiger charge is 2.03. The van der Waals surface area contributed by atoms with Crippen LogP contribution in [0.5, 0.6) is 5.75 Å². The highest BCUT2D eigenvalue weighted by molar-refractivity contribution is 7.10. The number of ether oxygens (including phenoxy) is 1. The van der Waals surface area contributed by atoms with Crippen molar-refractivity contribution in [2.45, 2.75) is 13.5 Å². The van der Waals surface area contributed by atoms with Gasteiger partial charge in [0, 0.05) is 20.8 Å². The molecule has 0 saturated carbocycles. The number of aryl methyl sites for hydroxylation is 1. The van der Waals surface area contributed by atoms with Crippen molar-refractivity contribution in [2.24, 2.45) is 0 Å². The number of aliphatic hydroxyl groups is 1. The van der Waals surface area contributed by atoms with Crippen LogP contribution in [0.2, 0.25) is 5.02 Å². The van der Waals surface area contributed by atoms with Crippen molar-refractivity contribution >= 4 is 22.9 Å². The molecule has 0 radical (unpaired) electrons. The third kappa shape index (κ3) is 4.00. The van der Waals surface area contributed by atoms with E-state index in [1.165, 1.54) is 0 Å². The zero-order valence-corrected chi connectivity index (χ0v) is 12.0. The number of halogens is 1. The number of aliphatic hydroxyl groups excluding tert-OH is 1. The topological polar surface area (TPSA) is 29.5 Å². The summed E-state index contributed by atoms with van der Waals surface area (Å²) in [6.45, 7) is 2.35. The smallest absolute Gasteiger partial charge is 0.122 e. The van der Waals surface area contributed by atoms with Crippen molar-refractivity contribution in [3.63, 3.8) is 0 Å². The van der Waals surface area contributed by atoms with E-state index in [0.717, 1.165) is 21.8 Å². The number of hydrogen-bond acceptors (Lipinski definition) is 3. The van der Waals surface area contributed by atoms with Gasteiger partial charge < -0.3 is 9.84 Å². The van der Waals surface area contributed by atoms with Crippen LogP contribution in [0.25, 0.3) is 0 Å². The van der Waals surface area contributed by atoms with E-state index >= 15 is 0 Å². The van der Waals surface area contributed by atoms with E-state index in [1.54, 1.807) is 11.3 Å². The van der Waals surface area contributed by atoms with Crippen LogP contribution < -0.4 is 4.74 Å². The van der Waals surface area contributed by atoms with E-state index in [-0.39, 0.29) is 6.61 Å². The van der Waals surface area contributed by atoms with Crippen LogP contribution in [0, 0.1) is 18.8 Å². The van der Waals surface area contributed by atoms with Crippen molar-refractivity contribution in [1.29, 1.82) is 0 Å². The number of rotatable bonds is 3. The van der Waals surface area contributed by atoms with Crippen LogP contribution in [0.1, 0.15) is 16.0 Å². The monoisotopic (exact) mass is 292 g/mol. The molecule has 2 aromatic rings. The summed E-state index contributed by atoms with van der Waals surface area (Å²) in [7, 11) is 0. The lowest BCUT2D eigenvalue weighted by Gasteiger charge is -2.07. The van der Waals surface area contributed by atoms with Crippen LogP contribution in [0.15, 0.2) is 29.6 Å². The first-order valence-electron chi connectivity index (χ1n) is 5.75. The fourth-order valence-corrected chi connectivity index (χ4v) is 2.54. The normalized spacial score (nSPS) is 9.84. The van der Waals surface area contributed by atoms with Crippen LogP contribution in [0.4, 0.5) is 0 Å². The molecule has 1 N–H and O–H groups in total. The molecule has 1 heterocycles. The second-order valence-electron chi connectivity index (χ2n) is 3.96. The summed E-state index contributed by atoms with van der Waals surface area (Å²) in [5, 5.41) is 11.3. The Labute approximate surface area is 121 Å². The van der Waals surface area contributed by atoms with Gasteiger partial charge in [0.25, 0.3) is 0 Å². The lowest BCUT2D eigenvalue weighted by molar-refractivity contribution is 0.307. The van der Waals surface area contributed by atoms with E-state index in [4.69, 9.17) is 21.4 Å². The molecule has 0 unspecified atom stereocenters. The van der Waals surface area contributed by atoms with E-state index in [2.05, 4.69) is 11.8 Å². The molecule has 2 rings (SSSR count). The highest BCUT2D eigenvalue weighted by atomic mass is 35.5. The summed E-state index contributed by atoms with van der Waals surface area (Å²) in [5.41, 5.74) is 1.93. The van der Waals surface area contributed by atoms with E-state index in [9.17, 15) is 0 Å². The molecular weight excluding hydrogens is 280 g/mol. The molecule has 0 aliphatic carbocycles. The Bertz CT molecular complexity index is 623. The first kappa shape index (κ1) is 14.0. The van der Waals surface area contributed by atoms with Gasteiger partial charge in [-0.3, -0.25) is 0 Å². The predicted octanol–water partition coefficient (Wildman–Crippen LogP) is 3.63. The zero-order chi connectivity index (χ0) is 13.7. The second kappa shape index (κ2) is 6.63.